The van der Waals surface area contributed by atoms with E-state index >= 15 is 0 Å². The number of rotatable bonds is 4. The van der Waals surface area contributed by atoms with Gasteiger partial charge in [-0.15, -0.1) is 0 Å². The minimum atomic E-state index is -0.948. The summed E-state index contributed by atoms with van der Waals surface area (Å²) in [5, 5.41) is 0.934. The molecule has 0 aliphatic carbocycles. The monoisotopic (exact) mass is 289 g/mol. The Balaban J connectivity index is 1.86. The number of ether oxygens (including phenoxy) is 1. The van der Waals surface area contributed by atoms with Crippen molar-refractivity contribution in [3.63, 3.8) is 0 Å². The Bertz CT molecular complexity index is 783. The molecule has 3 rings (SSSR count). The van der Waals surface area contributed by atoms with E-state index in [1.165, 1.54) is 6.07 Å². The van der Waals surface area contributed by atoms with E-state index in [0.29, 0.717) is 12.3 Å². The van der Waals surface area contributed by atoms with Crippen molar-refractivity contribution in [1.29, 1.82) is 0 Å². The van der Waals surface area contributed by atoms with Crippen molar-refractivity contribution < 1.29 is 17.9 Å². The molecule has 0 fully saturated rings. The van der Waals surface area contributed by atoms with Crippen LogP contribution in [0.1, 0.15) is 11.3 Å². The number of hydrogen-bond donors (Lipinski definition) is 1. The van der Waals surface area contributed by atoms with Gasteiger partial charge in [-0.25, -0.2) is 8.78 Å². The van der Waals surface area contributed by atoms with Gasteiger partial charge in [0.2, 0.25) is 0 Å². The Kier molecular flexibility index (Phi) is 3.58. The molecule has 5 heteroatoms. The lowest BCUT2D eigenvalue weighted by Gasteiger charge is -2.06. The van der Waals surface area contributed by atoms with Crippen LogP contribution in [0, 0.1) is 11.6 Å². The summed E-state index contributed by atoms with van der Waals surface area (Å²) in [6.45, 7) is 0.416. The molecule has 1 heterocycles. The minimum Gasteiger partial charge on any atom is -0.486 e. The molecule has 0 atom stereocenters. The van der Waals surface area contributed by atoms with Crippen molar-refractivity contribution in [1.82, 2.24) is 0 Å². The molecule has 0 radical (unpaired) electrons. The van der Waals surface area contributed by atoms with Crippen LogP contribution < -0.4 is 10.5 Å². The van der Waals surface area contributed by atoms with Crippen LogP contribution in [0.25, 0.3) is 11.0 Å². The second-order valence-electron chi connectivity index (χ2n) is 4.57. The van der Waals surface area contributed by atoms with Crippen LogP contribution in [0.2, 0.25) is 0 Å². The van der Waals surface area contributed by atoms with Gasteiger partial charge in [-0.1, -0.05) is 18.2 Å². The summed E-state index contributed by atoms with van der Waals surface area (Å²) in [5.41, 5.74) is 7.33. The number of fused-ring (bicyclic) bond motifs is 1. The predicted octanol–water partition coefficient (Wildman–Crippen LogP) is 3.75. The summed E-state index contributed by atoms with van der Waals surface area (Å²) in [6.07, 6.45) is 0. The fraction of sp³-hybridized carbons (Fsp3) is 0.125. The van der Waals surface area contributed by atoms with Crippen molar-refractivity contribution in [2.75, 3.05) is 0 Å². The molecule has 0 saturated heterocycles. The minimum absolute atomic E-state index is 0.103. The Labute approximate surface area is 119 Å². The number of furan rings is 1. The second kappa shape index (κ2) is 5.54. The summed E-state index contributed by atoms with van der Waals surface area (Å²) >= 11 is 0. The zero-order valence-corrected chi connectivity index (χ0v) is 11.1. The quantitative estimate of drug-likeness (QED) is 0.795. The average molecular weight is 289 g/mol. The number of para-hydroxylation sites is 1. The average Bonchev–Trinajstić information content (AvgIpc) is 2.86. The molecule has 0 amide bonds. The molecule has 2 N–H and O–H groups in total. The summed E-state index contributed by atoms with van der Waals surface area (Å²) in [5.74, 6) is -1.04. The van der Waals surface area contributed by atoms with Gasteiger partial charge >= 0.3 is 0 Å². The van der Waals surface area contributed by atoms with Gasteiger partial charge in [-0.05, 0) is 18.2 Å². The normalized spacial score (nSPS) is 11.0. The maximum Gasteiger partial charge on any atom is 0.162 e. The van der Waals surface area contributed by atoms with Gasteiger partial charge in [0.1, 0.15) is 23.7 Å². The van der Waals surface area contributed by atoms with Gasteiger partial charge in [-0.2, -0.15) is 0 Å². The van der Waals surface area contributed by atoms with E-state index in [1.54, 1.807) is 0 Å². The Morgan fingerprint density at radius 2 is 1.86 bits per heavy atom. The number of benzene rings is 2. The molecule has 2 aromatic carbocycles. The van der Waals surface area contributed by atoms with Crippen LogP contribution in [0.4, 0.5) is 8.78 Å². The van der Waals surface area contributed by atoms with Gasteiger partial charge in [0.25, 0.3) is 0 Å². The molecular formula is C16H13F2NO2. The smallest absolute Gasteiger partial charge is 0.162 e. The van der Waals surface area contributed by atoms with Crippen LogP contribution in [-0.4, -0.2) is 0 Å². The lowest BCUT2D eigenvalue weighted by atomic mass is 10.1. The number of halogens is 2. The van der Waals surface area contributed by atoms with Crippen molar-refractivity contribution in [2.45, 2.75) is 13.2 Å². The van der Waals surface area contributed by atoms with Crippen molar-refractivity contribution in [3.05, 3.63) is 65.4 Å². The maximum absolute atomic E-state index is 13.1. The fourth-order valence-corrected chi connectivity index (χ4v) is 2.21. The Morgan fingerprint density at radius 3 is 2.62 bits per heavy atom. The third-order valence-electron chi connectivity index (χ3n) is 3.25. The molecule has 0 spiro atoms. The van der Waals surface area contributed by atoms with E-state index in [0.717, 1.165) is 28.7 Å². The summed E-state index contributed by atoms with van der Waals surface area (Å²) in [6, 6.07) is 10.9. The summed E-state index contributed by atoms with van der Waals surface area (Å²) < 4.78 is 37.1. The lowest BCUT2D eigenvalue weighted by molar-refractivity contribution is 0.270. The molecule has 0 unspecified atom stereocenters. The zero-order valence-electron chi connectivity index (χ0n) is 11.1. The molecular weight excluding hydrogens is 276 g/mol. The maximum atomic E-state index is 13.1. The third-order valence-corrected chi connectivity index (χ3v) is 3.25. The largest absolute Gasteiger partial charge is 0.486 e. The van der Waals surface area contributed by atoms with Gasteiger partial charge in [0.05, 0.1) is 0 Å². The van der Waals surface area contributed by atoms with E-state index in [4.69, 9.17) is 14.9 Å². The van der Waals surface area contributed by atoms with Crippen LogP contribution in [-0.2, 0) is 13.2 Å². The van der Waals surface area contributed by atoms with Crippen molar-refractivity contribution in [3.8, 4) is 5.75 Å². The zero-order chi connectivity index (χ0) is 14.8. The molecule has 21 heavy (non-hydrogen) atoms. The lowest BCUT2D eigenvalue weighted by Crippen LogP contribution is -2.02. The van der Waals surface area contributed by atoms with Crippen LogP contribution >= 0.6 is 0 Å². The van der Waals surface area contributed by atoms with Gasteiger partial charge < -0.3 is 14.9 Å². The molecule has 0 aliphatic rings. The molecule has 0 aliphatic heterocycles. The molecule has 108 valence electrons. The van der Waals surface area contributed by atoms with E-state index < -0.39 is 11.6 Å². The molecule has 0 saturated carbocycles. The molecule has 3 nitrogen and oxygen atoms in total. The third kappa shape index (κ3) is 2.60. The Morgan fingerprint density at radius 1 is 1.05 bits per heavy atom. The molecule has 3 aromatic rings. The van der Waals surface area contributed by atoms with Gasteiger partial charge in [-0.3, -0.25) is 0 Å². The standard InChI is InChI=1S/C16H13F2NO2/c17-13-6-5-10(7-14(13)18)20-9-16-12(8-19)11-3-1-2-4-15(11)21-16/h1-7H,8-9,19H2. The first-order valence-corrected chi connectivity index (χ1v) is 6.46. The first-order chi connectivity index (χ1) is 10.2. The van der Waals surface area contributed by atoms with Crippen molar-refractivity contribution >= 4 is 11.0 Å². The van der Waals surface area contributed by atoms with Crippen LogP contribution in [0.5, 0.6) is 5.75 Å². The SMILES string of the molecule is NCc1c(COc2ccc(F)c(F)c2)oc2ccccc12. The van der Waals surface area contributed by atoms with Gasteiger partial charge in [0.15, 0.2) is 11.6 Å². The van der Waals surface area contributed by atoms with E-state index in [-0.39, 0.29) is 12.4 Å². The summed E-state index contributed by atoms with van der Waals surface area (Å²) in [7, 11) is 0. The van der Waals surface area contributed by atoms with E-state index in [2.05, 4.69) is 0 Å². The molecule has 1 aromatic heterocycles. The first kappa shape index (κ1) is 13.6. The second-order valence-corrected chi connectivity index (χ2v) is 4.57. The first-order valence-electron chi connectivity index (χ1n) is 6.46. The highest BCUT2D eigenvalue weighted by molar-refractivity contribution is 5.82. The number of hydrogen-bond acceptors (Lipinski definition) is 3. The van der Waals surface area contributed by atoms with E-state index in [9.17, 15) is 8.78 Å². The molecule has 0 bridgehead atoms. The van der Waals surface area contributed by atoms with E-state index in [1.807, 2.05) is 24.3 Å². The fourth-order valence-electron chi connectivity index (χ4n) is 2.21. The predicted molar refractivity (Wildman–Crippen MR) is 74.8 cm³/mol. The summed E-state index contributed by atoms with van der Waals surface area (Å²) in [4.78, 5) is 0. The topological polar surface area (TPSA) is 48.4 Å². The highest BCUT2D eigenvalue weighted by Crippen LogP contribution is 2.26. The van der Waals surface area contributed by atoms with Crippen LogP contribution in [0.15, 0.2) is 46.9 Å². The highest BCUT2D eigenvalue weighted by Gasteiger charge is 2.13. The van der Waals surface area contributed by atoms with Gasteiger partial charge in [0, 0.05) is 23.6 Å². The van der Waals surface area contributed by atoms with Crippen molar-refractivity contribution in [2.24, 2.45) is 5.73 Å². The highest BCUT2D eigenvalue weighted by atomic mass is 19.2. The number of nitrogens with two attached hydrogens (primary N) is 1. The Hall–Kier alpha value is -2.40. The van der Waals surface area contributed by atoms with Crippen LogP contribution in [0.3, 0.4) is 0 Å².